The summed E-state index contributed by atoms with van der Waals surface area (Å²) in [6, 6.07) is 4.07. The molecule has 0 spiro atoms. The summed E-state index contributed by atoms with van der Waals surface area (Å²) in [6.45, 7) is 5.44. The minimum absolute atomic E-state index is 0.290. The highest BCUT2D eigenvalue weighted by atomic mass is 19.1. The lowest BCUT2D eigenvalue weighted by Crippen LogP contribution is -2.14. The van der Waals surface area contributed by atoms with Crippen molar-refractivity contribution in [3.05, 3.63) is 46.4 Å². The fourth-order valence-electron chi connectivity index (χ4n) is 1.66. The van der Waals surface area contributed by atoms with Crippen molar-refractivity contribution in [2.24, 2.45) is 0 Å². The van der Waals surface area contributed by atoms with E-state index < -0.39 is 0 Å². The average Bonchev–Trinajstić information content (AvgIpc) is 2.61. The number of aryl methyl sites for hydroxylation is 2. The van der Waals surface area contributed by atoms with E-state index in [2.05, 4.69) is 15.5 Å². The topological polar surface area (TPSA) is 57.8 Å². The number of hydrogen-bond donors (Lipinski definition) is 2. The Kier molecular flexibility index (Phi) is 3.14. The first kappa shape index (κ1) is 12.3. The molecule has 0 bridgehead atoms. The molecule has 94 valence electrons. The maximum Gasteiger partial charge on any atom is 0.257 e. The molecule has 1 aromatic carbocycles. The van der Waals surface area contributed by atoms with Gasteiger partial charge in [0.25, 0.3) is 5.91 Å². The first-order valence-corrected chi connectivity index (χ1v) is 5.58. The number of carbonyl (C=O) groups is 1. The average molecular weight is 247 g/mol. The van der Waals surface area contributed by atoms with E-state index in [0.717, 1.165) is 11.3 Å². The lowest BCUT2D eigenvalue weighted by Gasteiger charge is -2.06. The number of nitrogens with zero attached hydrogens (tertiary/aromatic N) is 1. The third kappa shape index (κ3) is 2.25. The molecule has 0 unspecified atom stereocenters. The zero-order chi connectivity index (χ0) is 13.3. The van der Waals surface area contributed by atoms with E-state index in [1.54, 1.807) is 6.92 Å². The molecule has 0 saturated carbocycles. The van der Waals surface area contributed by atoms with Gasteiger partial charge in [-0.2, -0.15) is 5.10 Å². The SMILES string of the molecule is Cc1cc(F)ccc1C(=O)Nc1n[nH]c(C)c1C. The van der Waals surface area contributed by atoms with Crippen LogP contribution in [0.5, 0.6) is 0 Å². The number of anilines is 1. The molecule has 0 saturated heterocycles. The number of carbonyl (C=O) groups excluding carboxylic acids is 1. The summed E-state index contributed by atoms with van der Waals surface area (Å²) in [5.74, 6) is -0.140. The van der Waals surface area contributed by atoms with E-state index in [1.165, 1.54) is 18.2 Å². The Labute approximate surface area is 104 Å². The number of H-pyrrole nitrogens is 1. The van der Waals surface area contributed by atoms with Crippen molar-refractivity contribution in [1.82, 2.24) is 10.2 Å². The predicted molar refractivity (Wildman–Crippen MR) is 67.2 cm³/mol. The van der Waals surface area contributed by atoms with Gasteiger partial charge in [-0.3, -0.25) is 9.89 Å². The van der Waals surface area contributed by atoms with Crippen molar-refractivity contribution in [1.29, 1.82) is 0 Å². The minimum Gasteiger partial charge on any atom is -0.305 e. The van der Waals surface area contributed by atoms with E-state index in [4.69, 9.17) is 0 Å². The molecule has 0 fully saturated rings. The van der Waals surface area contributed by atoms with Gasteiger partial charge in [0.05, 0.1) is 0 Å². The minimum atomic E-state index is -0.351. The van der Waals surface area contributed by atoms with Gasteiger partial charge in [0.15, 0.2) is 5.82 Å². The molecule has 2 rings (SSSR count). The molecule has 0 radical (unpaired) electrons. The number of benzene rings is 1. The molecule has 5 heteroatoms. The van der Waals surface area contributed by atoms with Crippen LogP contribution in [0.4, 0.5) is 10.2 Å². The summed E-state index contributed by atoms with van der Waals surface area (Å²) >= 11 is 0. The number of amides is 1. The van der Waals surface area contributed by atoms with E-state index in [0.29, 0.717) is 16.9 Å². The fraction of sp³-hybridized carbons (Fsp3) is 0.231. The summed E-state index contributed by atoms with van der Waals surface area (Å²) in [5.41, 5.74) is 2.83. The zero-order valence-corrected chi connectivity index (χ0v) is 10.5. The molecule has 18 heavy (non-hydrogen) atoms. The maximum absolute atomic E-state index is 13.0. The lowest BCUT2D eigenvalue weighted by molar-refractivity contribution is 0.102. The first-order chi connectivity index (χ1) is 8.49. The quantitative estimate of drug-likeness (QED) is 0.857. The third-order valence-corrected chi connectivity index (χ3v) is 2.92. The van der Waals surface area contributed by atoms with Gasteiger partial charge in [-0.05, 0) is 44.5 Å². The Balaban J connectivity index is 2.25. The molecule has 2 N–H and O–H groups in total. The van der Waals surface area contributed by atoms with Crippen molar-refractivity contribution >= 4 is 11.7 Å². The second-order valence-electron chi connectivity index (χ2n) is 4.24. The predicted octanol–water partition coefficient (Wildman–Crippen LogP) is 2.73. The monoisotopic (exact) mass is 247 g/mol. The largest absolute Gasteiger partial charge is 0.305 e. The summed E-state index contributed by atoms with van der Waals surface area (Å²) in [7, 11) is 0. The Morgan fingerprint density at radius 3 is 2.61 bits per heavy atom. The number of nitrogens with one attached hydrogen (secondary N) is 2. The van der Waals surface area contributed by atoms with Gasteiger partial charge in [-0.15, -0.1) is 0 Å². The molecule has 1 amide bonds. The van der Waals surface area contributed by atoms with Crippen LogP contribution < -0.4 is 5.32 Å². The third-order valence-electron chi connectivity index (χ3n) is 2.92. The van der Waals surface area contributed by atoms with E-state index >= 15 is 0 Å². The molecular weight excluding hydrogens is 233 g/mol. The van der Waals surface area contributed by atoms with Gasteiger partial charge in [0.2, 0.25) is 0 Å². The van der Waals surface area contributed by atoms with Crippen molar-refractivity contribution in [3.63, 3.8) is 0 Å². The molecule has 0 atom stereocenters. The van der Waals surface area contributed by atoms with Gasteiger partial charge < -0.3 is 5.32 Å². The Morgan fingerprint density at radius 2 is 2.06 bits per heavy atom. The van der Waals surface area contributed by atoms with Crippen LogP contribution in [0.2, 0.25) is 0 Å². The van der Waals surface area contributed by atoms with Crippen LogP contribution in [0.25, 0.3) is 0 Å². The van der Waals surface area contributed by atoms with Gasteiger partial charge in [0.1, 0.15) is 5.82 Å². The van der Waals surface area contributed by atoms with E-state index in [9.17, 15) is 9.18 Å². The smallest absolute Gasteiger partial charge is 0.257 e. The van der Waals surface area contributed by atoms with Gasteiger partial charge in [-0.1, -0.05) is 0 Å². The highest BCUT2D eigenvalue weighted by Crippen LogP contribution is 2.16. The Hall–Kier alpha value is -2.17. The van der Waals surface area contributed by atoms with Crippen LogP contribution in [-0.4, -0.2) is 16.1 Å². The standard InChI is InChI=1S/C13H14FN3O/c1-7-6-10(14)4-5-11(7)13(18)15-12-8(2)9(3)16-17-12/h4-6H,1-3H3,(H2,15,16,17,18). The molecule has 0 aliphatic rings. The van der Waals surface area contributed by atoms with E-state index in [-0.39, 0.29) is 11.7 Å². The first-order valence-electron chi connectivity index (χ1n) is 5.58. The summed E-state index contributed by atoms with van der Waals surface area (Å²) in [4.78, 5) is 12.0. The number of aromatic amines is 1. The second kappa shape index (κ2) is 4.60. The lowest BCUT2D eigenvalue weighted by atomic mass is 10.1. The molecule has 1 aromatic heterocycles. The maximum atomic E-state index is 13.0. The highest BCUT2D eigenvalue weighted by molar-refractivity contribution is 6.05. The molecular formula is C13H14FN3O. The van der Waals surface area contributed by atoms with Crippen molar-refractivity contribution < 1.29 is 9.18 Å². The van der Waals surface area contributed by atoms with Crippen LogP contribution >= 0.6 is 0 Å². The molecule has 2 aromatic rings. The normalized spacial score (nSPS) is 10.4. The van der Waals surface area contributed by atoms with Gasteiger partial charge in [0, 0.05) is 16.8 Å². The molecule has 0 aliphatic heterocycles. The van der Waals surface area contributed by atoms with Gasteiger partial charge >= 0.3 is 0 Å². The van der Waals surface area contributed by atoms with Crippen molar-refractivity contribution in [2.75, 3.05) is 5.32 Å². The number of hydrogen-bond acceptors (Lipinski definition) is 2. The zero-order valence-electron chi connectivity index (χ0n) is 10.5. The van der Waals surface area contributed by atoms with Crippen LogP contribution in [-0.2, 0) is 0 Å². The fourth-order valence-corrected chi connectivity index (χ4v) is 1.66. The molecule has 1 heterocycles. The molecule has 0 aliphatic carbocycles. The number of aromatic nitrogens is 2. The number of halogens is 1. The Bertz CT molecular complexity index is 604. The van der Waals surface area contributed by atoms with Crippen LogP contribution in [0.1, 0.15) is 27.2 Å². The van der Waals surface area contributed by atoms with Crippen molar-refractivity contribution in [2.45, 2.75) is 20.8 Å². The summed E-state index contributed by atoms with van der Waals surface area (Å²) < 4.78 is 13.0. The second-order valence-corrected chi connectivity index (χ2v) is 4.24. The van der Waals surface area contributed by atoms with Crippen LogP contribution in [0, 0.1) is 26.6 Å². The number of rotatable bonds is 2. The van der Waals surface area contributed by atoms with Crippen LogP contribution in [0.15, 0.2) is 18.2 Å². The molecule has 4 nitrogen and oxygen atoms in total. The highest BCUT2D eigenvalue weighted by Gasteiger charge is 2.13. The van der Waals surface area contributed by atoms with Gasteiger partial charge in [-0.25, -0.2) is 4.39 Å². The Morgan fingerprint density at radius 1 is 1.33 bits per heavy atom. The van der Waals surface area contributed by atoms with Crippen LogP contribution in [0.3, 0.4) is 0 Å². The summed E-state index contributed by atoms with van der Waals surface area (Å²) in [6.07, 6.45) is 0. The van der Waals surface area contributed by atoms with Crippen molar-refractivity contribution in [3.8, 4) is 0 Å². The van der Waals surface area contributed by atoms with E-state index in [1.807, 2.05) is 13.8 Å². The summed E-state index contributed by atoms with van der Waals surface area (Å²) in [5, 5.41) is 9.49.